The zero-order valence-corrected chi connectivity index (χ0v) is 18.3. The van der Waals surface area contributed by atoms with Crippen molar-refractivity contribution in [2.75, 3.05) is 48.9 Å². The van der Waals surface area contributed by atoms with Crippen LogP contribution in [0, 0.1) is 18.7 Å². The van der Waals surface area contributed by atoms with Gasteiger partial charge in [-0.3, -0.25) is 4.79 Å². The van der Waals surface area contributed by atoms with Crippen molar-refractivity contribution in [2.24, 2.45) is 5.92 Å². The predicted molar refractivity (Wildman–Crippen MR) is 118 cm³/mol. The van der Waals surface area contributed by atoms with E-state index < -0.39 is 17.9 Å². The summed E-state index contributed by atoms with van der Waals surface area (Å²) in [6.07, 6.45) is -3.62. The Hall–Kier alpha value is -2.97. The molecule has 0 atom stereocenters. The molecule has 1 aliphatic heterocycles. The van der Waals surface area contributed by atoms with Crippen LogP contribution >= 0.6 is 0 Å². The molecule has 2 aromatic rings. The van der Waals surface area contributed by atoms with E-state index in [0.29, 0.717) is 34.7 Å². The molecule has 2 aromatic carbocycles. The highest BCUT2D eigenvalue weighted by atomic mass is 19.4. The van der Waals surface area contributed by atoms with Crippen LogP contribution in [0.4, 0.5) is 40.3 Å². The second-order valence-electron chi connectivity index (χ2n) is 8.05. The molecule has 174 valence electrons. The normalized spacial score (nSPS) is 14.9. The Balaban J connectivity index is 1.78. The highest BCUT2D eigenvalue weighted by Crippen LogP contribution is 2.38. The van der Waals surface area contributed by atoms with Crippen molar-refractivity contribution >= 4 is 29.0 Å². The van der Waals surface area contributed by atoms with Gasteiger partial charge >= 0.3 is 6.18 Å². The first-order chi connectivity index (χ1) is 15.1. The minimum Gasteiger partial charge on any atom is -0.484 e. The van der Waals surface area contributed by atoms with E-state index in [0.717, 1.165) is 5.69 Å². The number of benzene rings is 2. The lowest BCUT2D eigenvalue weighted by Gasteiger charge is -2.35. The summed E-state index contributed by atoms with van der Waals surface area (Å²) in [5.74, 6) is -1.28. The van der Waals surface area contributed by atoms with Crippen molar-refractivity contribution in [1.29, 1.82) is 0 Å². The standard InChI is InChI=1S/C23H27F4N3O2/c1-15-18(28-17-4-6-19(29(2)3)21(14-17)32-13-12-31)5-7-20(22(15)24)30-10-8-16(9-11-30)23(25,26)27/h4-7,12,14,16,28H,8-11,13H2,1-3H3. The highest BCUT2D eigenvalue weighted by molar-refractivity contribution is 5.72. The molecule has 1 saturated heterocycles. The Morgan fingerprint density at radius 2 is 1.88 bits per heavy atom. The van der Waals surface area contributed by atoms with Gasteiger partial charge in [0.2, 0.25) is 0 Å². The number of hydrogen-bond donors (Lipinski definition) is 1. The van der Waals surface area contributed by atoms with E-state index in [2.05, 4.69) is 5.32 Å². The lowest BCUT2D eigenvalue weighted by Crippen LogP contribution is -2.39. The third-order valence-corrected chi connectivity index (χ3v) is 5.69. The van der Waals surface area contributed by atoms with Gasteiger partial charge in [-0.1, -0.05) is 0 Å². The second-order valence-corrected chi connectivity index (χ2v) is 8.05. The first-order valence-corrected chi connectivity index (χ1v) is 10.4. The Morgan fingerprint density at radius 1 is 1.19 bits per heavy atom. The molecule has 0 saturated carbocycles. The molecule has 5 nitrogen and oxygen atoms in total. The van der Waals surface area contributed by atoms with Gasteiger partial charge in [-0.2, -0.15) is 13.2 Å². The molecule has 0 aromatic heterocycles. The molecule has 1 N–H and O–H groups in total. The number of nitrogens with zero attached hydrogens (tertiary/aromatic N) is 2. The fraction of sp³-hybridized carbons (Fsp3) is 0.435. The molecule has 32 heavy (non-hydrogen) atoms. The van der Waals surface area contributed by atoms with Crippen molar-refractivity contribution < 1.29 is 27.1 Å². The quantitative estimate of drug-likeness (QED) is 0.455. The van der Waals surface area contributed by atoms with Crippen molar-refractivity contribution in [3.63, 3.8) is 0 Å². The number of hydrogen-bond acceptors (Lipinski definition) is 5. The highest BCUT2D eigenvalue weighted by Gasteiger charge is 2.41. The Kier molecular flexibility index (Phi) is 7.16. The lowest BCUT2D eigenvalue weighted by molar-refractivity contribution is -0.179. The van der Waals surface area contributed by atoms with Gasteiger partial charge in [0.05, 0.1) is 17.3 Å². The van der Waals surface area contributed by atoms with Crippen LogP contribution in [0.5, 0.6) is 5.75 Å². The van der Waals surface area contributed by atoms with Gasteiger partial charge in [0.15, 0.2) is 12.1 Å². The number of rotatable bonds is 7. The maximum atomic E-state index is 15.1. The zero-order valence-electron chi connectivity index (χ0n) is 18.3. The minimum absolute atomic E-state index is 0.0379. The number of halogens is 4. The number of carbonyl (C=O) groups excluding carboxylic acids is 1. The van der Waals surface area contributed by atoms with Gasteiger partial charge in [-0.15, -0.1) is 0 Å². The van der Waals surface area contributed by atoms with Crippen LogP contribution in [0.1, 0.15) is 18.4 Å². The number of nitrogens with one attached hydrogen (secondary N) is 1. The minimum atomic E-state index is -4.20. The van der Waals surface area contributed by atoms with E-state index in [1.54, 1.807) is 30.0 Å². The summed E-state index contributed by atoms with van der Waals surface area (Å²) in [6, 6.07) is 8.68. The summed E-state index contributed by atoms with van der Waals surface area (Å²) in [6.45, 7) is 1.87. The molecule has 1 heterocycles. The summed E-state index contributed by atoms with van der Waals surface area (Å²) in [7, 11) is 3.71. The zero-order chi connectivity index (χ0) is 23.5. The van der Waals surface area contributed by atoms with E-state index in [-0.39, 0.29) is 32.5 Å². The Bertz CT molecular complexity index is 955. The van der Waals surface area contributed by atoms with Crippen LogP contribution in [0.25, 0.3) is 0 Å². The molecule has 0 bridgehead atoms. The lowest BCUT2D eigenvalue weighted by atomic mass is 9.95. The first kappa shape index (κ1) is 23.7. The summed E-state index contributed by atoms with van der Waals surface area (Å²) in [5, 5.41) is 3.16. The average Bonchev–Trinajstić information content (AvgIpc) is 2.75. The monoisotopic (exact) mass is 453 g/mol. The fourth-order valence-corrected chi connectivity index (χ4v) is 3.85. The average molecular weight is 453 g/mol. The molecular weight excluding hydrogens is 426 g/mol. The summed E-state index contributed by atoms with van der Waals surface area (Å²) in [4.78, 5) is 14.2. The second kappa shape index (κ2) is 9.67. The van der Waals surface area contributed by atoms with Crippen LogP contribution in [0.2, 0.25) is 0 Å². The van der Waals surface area contributed by atoms with Gasteiger partial charge < -0.3 is 19.9 Å². The number of anilines is 4. The third-order valence-electron chi connectivity index (χ3n) is 5.69. The molecule has 0 amide bonds. The first-order valence-electron chi connectivity index (χ1n) is 10.4. The molecular formula is C23H27F4N3O2. The molecule has 0 aliphatic carbocycles. The third kappa shape index (κ3) is 5.26. The van der Waals surface area contributed by atoms with Gasteiger partial charge in [0.1, 0.15) is 12.4 Å². The Labute approximate surface area is 185 Å². The maximum absolute atomic E-state index is 15.1. The summed E-state index contributed by atoms with van der Waals surface area (Å²) in [5.41, 5.74) is 2.66. The maximum Gasteiger partial charge on any atom is 0.391 e. The molecule has 3 rings (SSSR count). The number of carbonyl (C=O) groups is 1. The van der Waals surface area contributed by atoms with E-state index in [1.807, 2.05) is 31.1 Å². The van der Waals surface area contributed by atoms with E-state index >= 15 is 4.39 Å². The number of piperidine rings is 1. The Morgan fingerprint density at radius 3 is 2.47 bits per heavy atom. The SMILES string of the molecule is Cc1c(Nc2ccc(N(C)C)c(OCC=O)c2)ccc(N2CCC(C(F)(F)F)CC2)c1F. The van der Waals surface area contributed by atoms with Crippen molar-refractivity contribution in [3.8, 4) is 5.75 Å². The van der Waals surface area contributed by atoms with Crippen molar-refractivity contribution in [3.05, 3.63) is 41.7 Å². The largest absolute Gasteiger partial charge is 0.484 e. The van der Waals surface area contributed by atoms with Crippen LogP contribution in [-0.2, 0) is 4.79 Å². The van der Waals surface area contributed by atoms with Gasteiger partial charge in [-0.25, -0.2) is 4.39 Å². The number of ether oxygens (including phenoxy) is 1. The van der Waals surface area contributed by atoms with E-state index in [4.69, 9.17) is 4.74 Å². The van der Waals surface area contributed by atoms with E-state index in [9.17, 15) is 18.0 Å². The molecule has 0 unspecified atom stereocenters. The van der Waals surface area contributed by atoms with E-state index in [1.165, 1.54) is 0 Å². The van der Waals surface area contributed by atoms with Crippen LogP contribution in [0.3, 0.4) is 0 Å². The molecule has 1 aliphatic rings. The van der Waals surface area contributed by atoms with Crippen molar-refractivity contribution in [2.45, 2.75) is 25.9 Å². The fourth-order valence-electron chi connectivity index (χ4n) is 3.85. The smallest absolute Gasteiger partial charge is 0.391 e. The van der Waals surface area contributed by atoms with Crippen LogP contribution in [-0.4, -0.2) is 46.3 Å². The molecule has 0 spiro atoms. The van der Waals surface area contributed by atoms with Crippen molar-refractivity contribution in [1.82, 2.24) is 0 Å². The van der Waals surface area contributed by atoms with Gasteiger partial charge in [-0.05, 0) is 44.0 Å². The molecule has 9 heteroatoms. The topological polar surface area (TPSA) is 44.8 Å². The van der Waals surface area contributed by atoms with Gasteiger partial charge in [0.25, 0.3) is 0 Å². The summed E-state index contributed by atoms with van der Waals surface area (Å²) >= 11 is 0. The van der Waals surface area contributed by atoms with Crippen LogP contribution < -0.4 is 19.9 Å². The number of aldehydes is 1. The molecule has 1 fully saturated rings. The number of alkyl halides is 3. The summed E-state index contributed by atoms with van der Waals surface area (Å²) < 4.78 is 59.4. The van der Waals surface area contributed by atoms with Gasteiger partial charge in [0, 0.05) is 50.2 Å². The predicted octanol–water partition coefficient (Wildman–Crippen LogP) is 5.30. The van der Waals surface area contributed by atoms with Crippen LogP contribution in [0.15, 0.2) is 30.3 Å². The molecule has 0 radical (unpaired) electrons.